The van der Waals surface area contributed by atoms with Crippen LogP contribution in [-0.2, 0) is 6.42 Å². The summed E-state index contributed by atoms with van der Waals surface area (Å²) in [6.07, 6.45) is 0.551. The number of aliphatic hydroxyl groups excluding tert-OH is 1. The van der Waals surface area contributed by atoms with Gasteiger partial charge in [-0.2, -0.15) is 0 Å². The maximum atomic E-state index is 13.5. The second-order valence-electron chi connectivity index (χ2n) is 8.53. The van der Waals surface area contributed by atoms with E-state index in [2.05, 4.69) is 23.5 Å². The highest BCUT2D eigenvalue weighted by Crippen LogP contribution is 2.33. The number of aromatic nitrogens is 1. The number of nitrogens with zero attached hydrogens (tertiary/aromatic N) is 1. The molecule has 35 heavy (non-hydrogen) atoms. The highest BCUT2D eigenvalue weighted by molar-refractivity contribution is 6.07. The van der Waals surface area contributed by atoms with Crippen LogP contribution >= 0.6 is 0 Å². The van der Waals surface area contributed by atoms with Crippen molar-refractivity contribution in [2.45, 2.75) is 12.5 Å². The highest BCUT2D eigenvalue weighted by atomic mass is 16.3. The van der Waals surface area contributed by atoms with Gasteiger partial charge in [-0.15, -0.1) is 0 Å². The van der Waals surface area contributed by atoms with Crippen molar-refractivity contribution in [3.8, 4) is 22.4 Å². The molecular weight excluding hydrogens is 432 g/mol. The number of hydrogen-bond acceptors (Lipinski definition) is 3. The molecule has 0 saturated heterocycles. The topological polar surface area (TPSA) is 62.2 Å². The maximum Gasteiger partial charge on any atom is 0.252 e. The van der Waals surface area contributed by atoms with Gasteiger partial charge in [0.2, 0.25) is 0 Å². The van der Waals surface area contributed by atoms with E-state index < -0.39 is 6.04 Å². The highest BCUT2D eigenvalue weighted by Gasteiger charge is 2.19. The minimum atomic E-state index is -0.392. The summed E-state index contributed by atoms with van der Waals surface area (Å²) >= 11 is 0. The number of hydrogen-bond donors (Lipinski definition) is 2. The van der Waals surface area contributed by atoms with E-state index in [1.54, 1.807) is 0 Å². The maximum absolute atomic E-state index is 13.5. The van der Waals surface area contributed by atoms with Gasteiger partial charge in [0, 0.05) is 10.9 Å². The number of amides is 1. The first-order chi connectivity index (χ1) is 17.2. The van der Waals surface area contributed by atoms with E-state index in [0.717, 1.165) is 38.9 Å². The number of rotatable bonds is 7. The Morgan fingerprint density at radius 3 is 2.14 bits per heavy atom. The number of nitrogens with one attached hydrogen (secondary N) is 1. The molecule has 1 heterocycles. The molecular formula is C31H26N2O2. The van der Waals surface area contributed by atoms with Crippen LogP contribution in [0.4, 0.5) is 0 Å². The second kappa shape index (κ2) is 10.3. The van der Waals surface area contributed by atoms with Crippen LogP contribution in [0.25, 0.3) is 33.3 Å². The third-order valence-electron chi connectivity index (χ3n) is 6.13. The molecule has 0 saturated carbocycles. The number of pyridine rings is 1. The van der Waals surface area contributed by atoms with Crippen molar-refractivity contribution in [2.75, 3.05) is 6.61 Å². The van der Waals surface area contributed by atoms with Crippen molar-refractivity contribution in [3.05, 3.63) is 126 Å². The standard InChI is InChI=1S/C31H26N2O2/c34-21-24(19-22-11-3-1-4-12-22)32-31(35)28-20-30(33-29-18-10-9-17-27(28)29)26-16-8-7-15-25(26)23-13-5-2-6-14-23/h1-18,20,24,34H,19,21H2,(H,32,35)/t24-/m0/s1. The van der Waals surface area contributed by atoms with Gasteiger partial charge in [0.1, 0.15) is 0 Å². The molecule has 5 aromatic rings. The van der Waals surface area contributed by atoms with Gasteiger partial charge in [-0.25, -0.2) is 4.98 Å². The van der Waals surface area contributed by atoms with Gasteiger partial charge in [0.05, 0.1) is 29.4 Å². The molecule has 0 aliphatic rings. The molecule has 0 fully saturated rings. The van der Waals surface area contributed by atoms with Gasteiger partial charge in [-0.05, 0) is 35.2 Å². The molecule has 0 bridgehead atoms. The number of carbonyl (C=O) groups excluding carboxylic acids is 1. The summed E-state index contributed by atoms with van der Waals surface area (Å²) in [5.74, 6) is -0.225. The zero-order valence-corrected chi connectivity index (χ0v) is 19.3. The van der Waals surface area contributed by atoms with Gasteiger partial charge in [0.15, 0.2) is 0 Å². The summed E-state index contributed by atoms with van der Waals surface area (Å²) in [5, 5.41) is 13.8. The van der Waals surface area contributed by atoms with Crippen molar-refractivity contribution in [1.29, 1.82) is 0 Å². The zero-order chi connectivity index (χ0) is 24.0. The van der Waals surface area contributed by atoms with Crippen LogP contribution in [-0.4, -0.2) is 28.6 Å². The summed E-state index contributed by atoms with van der Waals surface area (Å²) < 4.78 is 0. The smallest absolute Gasteiger partial charge is 0.252 e. The quantitative estimate of drug-likeness (QED) is 0.319. The van der Waals surface area contributed by atoms with Crippen LogP contribution in [0.2, 0.25) is 0 Å². The molecule has 1 atom stereocenters. The molecule has 4 aromatic carbocycles. The monoisotopic (exact) mass is 458 g/mol. The molecule has 1 amide bonds. The lowest BCUT2D eigenvalue weighted by atomic mass is 9.95. The molecule has 172 valence electrons. The SMILES string of the molecule is O=C(N[C@H](CO)Cc1ccccc1)c1cc(-c2ccccc2-c2ccccc2)nc2ccccc12. The van der Waals surface area contributed by atoms with Crippen LogP contribution < -0.4 is 5.32 Å². The largest absolute Gasteiger partial charge is 0.394 e. The molecule has 0 unspecified atom stereocenters. The minimum Gasteiger partial charge on any atom is -0.394 e. The van der Waals surface area contributed by atoms with Crippen LogP contribution in [0.1, 0.15) is 15.9 Å². The number of aliphatic hydroxyl groups is 1. The van der Waals surface area contributed by atoms with Gasteiger partial charge in [0.25, 0.3) is 5.91 Å². The van der Waals surface area contributed by atoms with Crippen LogP contribution in [0.15, 0.2) is 115 Å². The Hall–Kier alpha value is -4.28. The van der Waals surface area contributed by atoms with E-state index in [1.165, 1.54) is 0 Å². The third-order valence-corrected chi connectivity index (χ3v) is 6.13. The Balaban J connectivity index is 1.55. The van der Waals surface area contributed by atoms with Crippen LogP contribution in [0.3, 0.4) is 0 Å². The van der Waals surface area contributed by atoms with E-state index in [9.17, 15) is 9.90 Å². The Morgan fingerprint density at radius 2 is 1.40 bits per heavy atom. The van der Waals surface area contributed by atoms with E-state index >= 15 is 0 Å². The molecule has 4 heteroatoms. The predicted molar refractivity (Wildman–Crippen MR) is 141 cm³/mol. The average Bonchev–Trinajstić information content (AvgIpc) is 2.93. The number of carbonyl (C=O) groups is 1. The lowest BCUT2D eigenvalue weighted by molar-refractivity contribution is 0.0918. The molecule has 0 radical (unpaired) electrons. The normalized spacial score (nSPS) is 11.8. The summed E-state index contributed by atoms with van der Waals surface area (Å²) in [6.45, 7) is -0.145. The minimum absolute atomic E-state index is 0.145. The van der Waals surface area contributed by atoms with Crippen molar-refractivity contribution < 1.29 is 9.90 Å². The summed E-state index contributed by atoms with van der Waals surface area (Å²) in [7, 11) is 0. The molecule has 5 rings (SSSR count). The van der Waals surface area contributed by atoms with E-state index in [1.807, 2.05) is 97.1 Å². The lowest BCUT2D eigenvalue weighted by Gasteiger charge is -2.18. The first kappa shape index (κ1) is 22.5. The Morgan fingerprint density at radius 1 is 0.771 bits per heavy atom. The van der Waals surface area contributed by atoms with E-state index in [4.69, 9.17) is 4.98 Å². The summed E-state index contributed by atoms with van der Waals surface area (Å²) in [5.41, 5.74) is 6.19. The zero-order valence-electron chi connectivity index (χ0n) is 19.3. The number of benzene rings is 4. The average molecular weight is 459 g/mol. The Labute approximate surface area is 204 Å². The van der Waals surface area contributed by atoms with Gasteiger partial charge in [-0.1, -0.05) is 103 Å². The van der Waals surface area contributed by atoms with E-state index in [0.29, 0.717) is 12.0 Å². The summed E-state index contributed by atoms with van der Waals surface area (Å²) in [6, 6.07) is 37.3. The van der Waals surface area contributed by atoms with Crippen molar-refractivity contribution in [2.24, 2.45) is 0 Å². The van der Waals surface area contributed by atoms with Crippen LogP contribution in [0.5, 0.6) is 0 Å². The molecule has 4 nitrogen and oxygen atoms in total. The first-order valence-corrected chi connectivity index (χ1v) is 11.7. The Kier molecular flexibility index (Phi) is 6.64. The molecule has 0 aliphatic carbocycles. The molecule has 1 aromatic heterocycles. The van der Waals surface area contributed by atoms with Crippen molar-refractivity contribution in [3.63, 3.8) is 0 Å². The van der Waals surface area contributed by atoms with Gasteiger partial charge >= 0.3 is 0 Å². The van der Waals surface area contributed by atoms with Crippen LogP contribution in [0, 0.1) is 0 Å². The lowest BCUT2D eigenvalue weighted by Crippen LogP contribution is -2.39. The fraction of sp³-hybridized carbons (Fsp3) is 0.0968. The van der Waals surface area contributed by atoms with Gasteiger partial charge in [-0.3, -0.25) is 4.79 Å². The van der Waals surface area contributed by atoms with E-state index in [-0.39, 0.29) is 12.5 Å². The third kappa shape index (κ3) is 4.98. The molecule has 2 N–H and O–H groups in total. The fourth-order valence-corrected chi connectivity index (χ4v) is 4.40. The second-order valence-corrected chi connectivity index (χ2v) is 8.53. The number of para-hydroxylation sites is 1. The summed E-state index contributed by atoms with van der Waals surface area (Å²) in [4.78, 5) is 18.4. The van der Waals surface area contributed by atoms with Crippen molar-refractivity contribution >= 4 is 16.8 Å². The van der Waals surface area contributed by atoms with Gasteiger partial charge < -0.3 is 10.4 Å². The molecule has 0 spiro atoms. The van der Waals surface area contributed by atoms with Crippen molar-refractivity contribution in [1.82, 2.24) is 10.3 Å². The molecule has 0 aliphatic heterocycles. The number of fused-ring (bicyclic) bond motifs is 1. The predicted octanol–water partition coefficient (Wildman–Crippen LogP) is 5.90. The Bertz CT molecular complexity index is 1450. The fourth-order valence-electron chi connectivity index (χ4n) is 4.40. The first-order valence-electron chi connectivity index (χ1n) is 11.7.